The van der Waals surface area contributed by atoms with Crippen molar-refractivity contribution in [2.24, 2.45) is 7.05 Å². The highest BCUT2D eigenvalue weighted by Gasteiger charge is 2.14. The van der Waals surface area contributed by atoms with Gasteiger partial charge in [0.25, 0.3) is 0 Å². The van der Waals surface area contributed by atoms with Gasteiger partial charge in [-0.3, -0.25) is 0 Å². The normalized spacial score (nSPS) is 13.1. The highest BCUT2D eigenvalue weighted by molar-refractivity contribution is 7.10. The number of fused-ring (bicyclic) bond motifs is 1. The Morgan fingerprint density at radius 2 is 1.94 bits per heavy atom. The molecule has 1 aromatic carbocycles. The lowest BCUT2D eigenvalue weighted by Gasteiger charge is -2.07. The molecule has 0 aliphatic heterocycles. The molecule has 0 saturated carbocycles. The van der Waals surface area contributed by atoms with Gasteiger partial charge in [-0.15, -0.1) is 11.3 Å². The summed E-state index contributed by atoms with van der Waals surface area (Å²) in [7, 11) is 2.12. The molecule has 0 radical (unpaired) electrons. The molecule has 3 aromatic rings. The number of benzene rings is 1. The summed E-state index contributed by atoms with van der Waals surface area (Å²) in [4.78, 5) is 1.43. The predicted molar refractivity (Wildman–Crippen MR) is 74.8 cm³/mol. The Kier molecular flexibility index (Phi) is 2.52. The van der Waals surface area contributed by atoms with Crippen molar-refractivity contribution in [1.29, 1.82) is 0 Å². The molecule has 0 amide bonds. The van der Waals surface area contributed by atoms with Gasteiger partial charge in [-0.2, -0.15) is 0 Å². The summed E-state index contributed by atoms with van der Waals surface area (Å²) >= 11 is 1.83. The summed E-state index contributed by atoms with van der Waals surface area (Å²) in [6, 6.07) is 13.0. The first-order valence-corrected chi connectivity index (χ1v) is 6.72. The molecule has 1 unspecified atom stereocenters. The van der Waals surface area contributed by atoms with Crippen LogP contribution in [-0.4, -0.2) is 4.57 Å². The van der Waals surface area contributed by atoms with Gasteiger partial charge in [0.1, 0.15) is 0 Å². The number of rotatable bonds is 2. The van der Waals surface area contributed by atoms with Crippen LogP contribution in [0.5, 0.6) is 0 Å². The van der Waals surface area contributed by atoms with E-state index in [4.69, 9.17) is 0 Å². The van der Waals surface area contributed by atoms with Gasteiger partial charge in [0.05, 0.1) is 0 Å². The molecule has 86 valence electrons. The molecule has 0 aliphatic carbocycles. The zero-order chi connectivity index (χ0) is 11.8. The van der Waals surface area contributed by atoms with Crippen molar-refractivity contribution in [2.45, 2.75) is 12.8 Å². The second-order valence-corrected chi connectivity index (χ2v) is 5.43. The van der Waals surface area contributed by atoms with Crippen molar-refractivity contribution in [2.75, 3.05) is 0 Å². The van der Waals surface area contributed by atoms with Crippen LogP contribution in [0.1, 0.15) is 23.3 Å². The van der Waals surface area contributed by atoms with E-state index in [1.54, 1.807) is 0 Å². The molecule has 17 heavy (non-hydrogen) atoms. The van der Waals surface area contributed by atoms with Crippen LogP contribution < -0.4 is 0 Å². The van der Waals surface area contributed by atoms with E-state index in [-0.39, 0.29) is 0 Å². The maximum atomic E-state index is 2.29. The summed E-state index contributed by atoms with van der Waals surface area (Å²) in [5.41, 5.74) is 2.73. The smallest absolute Gasteiger partial charge is 0.0480 e. The van der Waals surface area contributed by atoms with Gasteiger partial charge in [-0.25, -0.2) is 0 Å². The van der Waals surface area contributed by atoms with Gasteiger partial charge < -0.3 is 4.57 Å². The van der Waals surface area contributed by atoms with E-state index in [1.165, 1.54) is 21.3 Å². The minimum absolute atomic E-state index is 0.473. The van der Waals surface area contributed by atoms with Crippen LogP contribution in [0.15, 0.2) is 48.0 Å². The standard InChI is InChI=1S/C15H15NS/c1-11(15-8-5-9-17-15)13-10-16(2)14-7-4-3-6-12(13)14/h3-11H,1-2H3. The predicted octanol–water partition coefficient (Wildman–Crippen LogP) is 4.39. The van der Waals surface area contributed by atoms with Crippen molar-refractivity contribution in [3.05, 3.63) is 58.4 Å². The zero-order valence-electron chi connectivity index (χ0n) is 10.1. The van der Waals surface area contributed by atoms with Gasteiger partial charge in [0.2, 0.25) is 0 Å². The lowest BCUT2D eigenvalue weighted by atomic mass is 9.99. The number of nitrogens with zero attached hydrogens (tertiary/aromatic N) is 1. The van der Waals surface area contributed by atoms with Crippen LogP contribution in [0.2, 0.25) is 0 Å². The Bertz CT molecular complexity index is 634. The summed E-state index contributed by atoms with van der Waals surface area (Å²) in [6.07, 6.45) is 2.26. The van der Waals surface area contributed by atoms with Crippen molar-refractivity contribution in [3.63, 3.8) is 0 Å². The molecule has 0 saturated heterocycles. The molecule has 3 rings (SSSR count). The molecule has 0 N–H and O–H groups in total. The summed E-state index contributed by atoms with van der Waals surface area (Å²) in [5, 5.41) is 3.52. The highest BCUT2D eigenvalue weighted by atomic mass is 32.1. The maximum absolute atomic E-state index is 2.29. The van der Waals surface area contributed by atoms with Crippen molar-refractivity contribution in [3.8, 4) is 0 Å². The number of hydrogen-bond donors (Lipinski definition) is 0. The van der Waals surface area contributed by atoms with Crippen molar-refractivity contribution < 1.29 is 0 Å². The van der Waals surface area contributed by atoms with Crippen molar-refractivity contribution >= 4 is 22.2 Å². The Hall–Kier alpha value is -1.54. The maximum Gasteiger partial charge on any atom is 0.0480 e. The average molecular weight is 241 g/mol. The fourth-order valence-electron chi connectivity index (χ4n) is 2.41. The van der Waals surface area contributed by atoms with E-state index >= 15 is 0 Å². The van der Waals surface area contributed by atoms with Crippen LogP contribution in [0.25, 0.3) is 10.9 Å². The molecule has 0 fully saturated rings. The minimum atomic E-state index is 0.473. The first kappa shape index (κ1) is 10.6. The Balaban J connectivity index is 2.18. The largest absolute Gasteiger partial charge is 0.350 e. The second-order valence-electron chi connectivity index (χ2n) is 4.45. The molecule has 2 heteroatoms. The van der Waals surface area contributed by atoms with Gasteiger partial charge >= 0.3 is 0 Å². The quantitative estimate of drug-likeness (QED) is 0.627. The molecule has 0 bridgehead atoms. The first-order chi connectivity index (χ1) is 8.27. The van der Waals surface area contributed by atoms with Crippen LogP contribution >= 0.6 is 11.3 Å². The van der Waals surface area contributed by atoms with Gasteiger partial charge in [-0.1, -0.05) is 31.2 Å². The third-order valence-electron chi connectivity index (χ3n) is 3.36. The molecule has 2 heterocycles. The van der Waals surface area contributed by atoms with Crippen LogP contribution in [0.4, 0.5) is 0 Å². The minimum Gasteiger partial charge on any atom is -0.350 e. The number of hydrogen-bond acceptors (Lipinski definition) is 1. The zero-order valence-corrected chi connectivity index (χ0v) is 10.9. The average Bonchev–Trinajstić information content (AvgIpc) is 2.97. The third-order valence-corrected chi connectivity index (χ3v) is 4.42. The Morgan fingerprint density at radius 1 is 1.12 bits per heavy atom. The van der Waals surface area contributed by atoms with Crippen LogP contribution in [-0.2, 0) is 7.05 Å². The molecule has 0 aliphatic rings. The molecular weight excluding hydrogens is 226 g/mol. The lowest BCUT2D eigenvalue weighted by molar-refractivity contribution is 0.913. The Labute approximate surface area is 105 Å². The van der Waals surface area contributed by atoms with E-state index in [2.05, 4.69) is 66.5 Å². The van der Waals surface area contributed by atoms with Gasteiger partial charge in [0, 0.05) is 34.9 Å². The van der Waals surface area contributed by atoms with E-state index in [0.29, 0.717) is 5.92 Å². The van der Waals surface area contributed by atoms with Crippen molar-refractivity contribution in [1.82, 2.24) is 4.57 Å². The fourth-order valence-corrected chi connectivity index (χ4v) is 3.21. The third kappa shape index (κ3) is 1.69. The first-order valence-electron chi connectivity index (χ1n) is 5.84. The second kappa shape index (κ2) is 4.04. The summed E-state index contributed by atoms with van der Waals surface area (Å²) in [5.74, 6) is 0.473. The highest BCUT2D eigenvalue weighted by Crippen LogP contribution is 2.33. The number of para-hydroxylation sites is 1. The van der Waals surface area contributed by atoms with E-state index in [1.807, 2.05) is 11.3 Å². The lowest BCUT2D eigenvalue weighted by Crippen LogP contribution is -1.91. The van der Waals surface area contributed by atoms with E-state index in [9.17, 15) is 0 Å². The van der Waals surface area contributed by atoms with Crippen LogP contribution in [0, 0.1) is 0 Å². The molecule has 0 spiro atoms. The SMILES string of the molecule is CC(c1cccs1)c1cn(C)c2ccccc12. The molecule has 1 atom stereocenters. The summed E-state index contributed by atoms with van der Waals surface area (Å²) in [6.45, 7) is 2.29. The van der Waals surface area contributed by atoms with E-state index < -0.39 is 0 Å². The topological polar surface area (TPSA) is 4.93 Å². The molecular formula is C15H15NS. The fraction of sp³-hybridized carbons (Fsp3) is 0.200. The number of thiophene rings is 1. The van der Waals surface area contributed by atoms with E-state index in [0.717, 1.165) is 0 Å². The number of aromatic nitrogens is 1. The number of aryl methyl sites for hydroxylation is 1. The molecule has 1 nitrogen and oxygen atoms in total. The monoisotopic (exact) mass is 241 g/mol. The molecule has 2 aromatic heterocycles. The van der Waals surface area contributed by atoms with Crippen LogP contribution in [0.3, 0.4) is 0 Å². The summed E-state index contributed by atoms with van der Waals surface area (Å²) < 4.78 is 2.22. The van der Waals surface area contributed by atoms with Gasteiger partial charge in [-0.05, 0) is 23.1 Å². The Morgan fingerprint density at radius 3 is 2.71 bits per heavy atom. The van der Waals surface area contributed by atoms with Gasteiger partial charge in [0.15, 0.2) is 0 Å².